The number of hydrogen-bond acceptors (Lipinski definition) is 4. The predicted molar refractivity (Wildman–Crippen MR) is 141 cm³/mol. The number of aryl methyl sites for hydroxylation is 1. The average Bonchev–Trinajstić information content (AvgIpc) is 2.80. The molecule has 0 aliphatic heterocycles. The van der Waals surface area contributed by atoms with Gasteiger partial charge in [-0.25, -0.2) is 8.42 Å². The first-order chi connectivity index (χ1) is 16.6. The number of rotatable bonds is 11. The van der Waals surface area contributed by atoms with Crippen molar-refractivity contribution in [3.05, 3.63) is 88.4 Å². The number of carbonyl (C=O) groups excluding carboxylic acids is 1. The summed E-state index contributed by atoms with van der Waals surface area (Å²) in [5, 5.41) is 3.59. The Balaban J connectivity index is 1.66. The molecule has 0 bridgehead atoms. The number of ether oxygens (including phenoxy) is 1. The van der Waals surface area contributed by atoms with Crippen molar-refractivity contribution in [3.8, 4) is 5.75 Å². The lowest BCUT2D eigenvalue weighted by Gasteiger charge is -2.24. The molecule has 0 spiro atoms. The van der Waals surface area contributed by atoms with Crippen LogP contribution >= 0.6 is 23.2 Å². The lowest BCUT2D eigenvalue weighted by Crippen LogP contribution is -2.41. The Bertz CT molecular complexity index is 1250. The van der Waals surface area contributed by atoms with Gasteiger partial charge >= 0.3 is 0 Å². The standard InChI is InChI=1S/C26H28Cl2N2O4S/c1-19(2)34-24-10-3-6-20(16-24)7-5-15-29-26(31)18-30(23-9-4-8-22(28)17-23)35(32,33)25-13-11-21(27)12-14-25/h3-4,6,8-14,16-17,19H,5,7,15,18H2,1-2H3,(H,29,31). The van der Waals surface area contributed by atoms with E-state index in [-0.39, 0.29) is 17.5 Å². The van der Waals surface area contributed by atoms with Crippen LogP contribution < -0.4 is 14.4 Å². The van der Waals surface area contributed by atoms with E-state index < -0.39 is 15.9 Å². The highest BCUT2D eigenvalue weighted by Gasteiger charge is 2.27. The molecule has 1 amide bonds. The molecule has 0 saturated heterocycles. The number of nitrogens with zero attached hydrogens (tertiary/aromatic N) is 1. The maximum Gasteiger partial charge on any atom is 0.264 e. The van der Waals surface area contributed by atoms with E-state index in [0.29, 0.717) is 28.7 Å². The zero-order valence-corrected chi connectivity index (χ0v) is 21.9. The lowest BCUT2D eigenvalue weighted by atomic mass is 10.1. The van der Waals surface area contributed by atoms with Crippen LogP contribution in [0.5, 0.6) is 5.75 Å². The fourth-order valence-electron chi connectivity index (χ4n) is 3.43. The fraction of sp³-hybridized carbons (Fsp3) is 0.269. The van der Waals surface area contributed by atoms with Gasteiger partial charge in [-0.05, 0) is 86.8 Å². The van der Waals surface area contributed by atoms with Crippen molar-refractivity contribution in [2.75, 3.05) is 17.4 Å². The summed E-state index contributed by atoms with van der Waals surface area (Å²) in [7, 11) is -4.03. The van der Waals surface area contributed by atoms with Crippen LogP contribution in [0.2, 0.25) is 10.0 Å². The van der Waals surface area contributed by atoms with Crippen LogP contribution in [0.25, 0.3) is 0 Å². The Morgan fingerprint density at radius 1 is 0.971 bits per heavy atom. The van der Waals surface area contributed by atoms with Crippen molar-refractivity contribution < 1.29 is 17.9 Å². The highest BCUT2D eigenvalue weighted by molar-refractivity contribution is 7.92. The monoisotopic (exact) mass is 534 g/mol. The maximum absolute atomic E-state index is 13.4. The van der Waals surface area contributed by atoms with Crippen LogP contribution in [-0.2, 0) is 21.2 Å². The van der Waals surface area contributed by atoms with Crippen LogP contribution in [0.3, 0.4) is 0 Å². The van der Waals surface area contributed by atoms with Crippen LogP contribution in [0, 0.1) is 0 Å². The minimum atomic E-state index is -4.03. The van der Waals surface area contributed by atoms with Gasteiger partial charge in [-0.3, -0.25) is 9.10 Å². The van der Waals surface area contributed by atoms with E-state index in [2.05, 4.69) is 5.32 Å². The third-order valence-electron chi connectivity index (χ3n) is 5.02. The number of nitrogens with one attached hydrogen (secondary N) is 1. The maximum atomic E-state index is 13.4. The van der Waals surface area contributed by atoms with Crippen LogP contribution in [-0.4, -0.2) is 33.5 Å². The second-order valence-electron chi connectivity index (χ2n) is 8.21. The van der Waals surface area contributed by atoms with Gasteiger partial charge in [-0.15, -0.1) is 0 Å². The van der Waals surface area contributed by atoms with Gasteiger partial charge < -0.3 is 10.1 Å². The molecule has 0 heterocycles. The summed E-state index contributed by atoms with van der Waals surface area (Å²) in [5.41, 5.74) is 1.40. The molecule has 3 aromatic carbocycles. The number of carbonyl (C=O) groups is 1. The molecule has 0 aliphatic rings. The molecule has 0 atom stereocenters. The number of benzene rings is 3. The molecule has 0 aromatic heterocycles. The SMILES string of the molecule is CC(C)Oc1cccc(CCCNC(=O)CN(c2cccc(Cl)c2)S(=O)(=O)c2ccc(Cl)cc2)c1. The van der Waals surface area contributed by atoms with Crippen molar-refractivity contribution in [1.29, 1.82) is 0 Å². The Labute approximate surface area is 216 Å². The molecule has 9 heteroatoms. The van der Waals surface area contributed by atoms with E-state index in [1.165, 1.54) is 30.3 Å². The van der Waals surface area contributed by atoms with Crippen LogP contribution in [0.4, 0.5) is 5.69 Å². The molecule has 0 fully saturated rings. The summed E-state index contributed by atoms with van der Waals surface area (Å²) in [6, 6.07) is 20.0. The lowest BCUT2D eigenvalue weighted by molar-refractivity contribution is -0.119. The van der Waals surface area contributed by atoms with Crippen molar-refractivity contribution in [1.82, 2.24) is 5.32 Å². The smallest absolute Gasteiger partial charge is 0.264 e. The van der Waals surface area contributed by atoms with E-state index in [9.17, 15) is 13.2 Å². The summed E-state index contributed by atoms with van der Waals surface area (Å²) in [6.07, 6.45) is 1.53. The third kappa shape index (κ3) is 7.88. The molecule has 0 unspecified atom stereocenters. The minimum Gasteiger partial charge on any atom is -0.491 e. The summed E-state index contributed by atoms with van der Waals surface area (Å²) in [5.74, 6) is 0.394. The second-order valence-corrected chi connectivity index (χ2v) is 10.9. The first-order valence-corrected chi connectivity index (χ1v) is 13.4. The zero-order valence-electron chi connectivity index (χ0n) is 19.6. The quantitative estimate of drug-likeness (QED) is 0.319. The Hall–Kier alpha value is -2.74. The molecule has 3 aromatic rings. The molecule has 35 heavy (non-hydrogen) atoms. The van der Waals surface area contributed by atoms with Crippen LogP contribution in [0.15, 0.2) is 77.7 Å². The van der Waals surface area contributed by atoms with Gasteiger partial charge in [0.15, 0.2) is 0 Å². The highest BCUT2D eigenvalue weighted by Crippen LogP contribution is 2.26. The molecule has 0 aliphatic carbocycles. The number of sulfonamides is 1. The Kier molecular flexibility index (Phi) is 9.43. The van der Waals surface area contributed by atoms with E-state index >= 15 is 0 Å². The number of hydrogen-bond donors (Lipinski definition) is 1. The molecule has 186 valence electrons. The van der Waals surface area contributed by atoms with Gasteiger partial charge in [0.1, 0.15) is 12.3 Å². The van der Waals surface area contributed by atoms with Gasteiger partial charge in [0.2, 0.25) is 5.91 Å². The molecule has 3 rings (SSSR count). The molecule has 1 N–H and O–H groups in total. The number of halogens is 2. The van der Waals surface area contributed by atoms with Gasteiger partial charge in [0.25, 0.3) is 10.0 Å². The summed E-state index contributed by atoms with van der Waals surface area (Å²) < 4.78 is 33.5. The van der Waals surface area contributed by atoms with E-state index in [0.717, 1.165) is 22.0 Å². The van der Waals surface area contributed by atoms with Crippen molar-refractivity contribution >= 4 is 44.8 Å². The molecule has 0 radical (unpaired) electrons. The first-order valence-electron chi connectivity index (χ1n) is 11.2. The molecule has 0 saturated carbocycles. The predicted octanol–water partition coefficient (Wildman–Crippen LogP) is 5.72. The summed E-state index contributed by atoms with van der Waals surface area (Å²) in [6.45, 7) is 3.96. The van der Waals surface area contributed by atoms with E-state index in [1.807, 2.05) is 38.1 Å². The van der Waals surface area contributed by atoms with Gasteiger partial charge in [0.05, 0.1) is 16.7 Å². The normalized spacial score (nSPS) is 11.3. The second kappa shape index (κ2) is 12.3. The molecule has 6 nitrogen and oxygen atoms in total. The highest BCUT2D eigenvalue weighted by atomic mass is 35.5. The molecular weight excluding hydrogens is 507 g/mol. The van der Waals surface area contributed by atoms with Crippen LogP contribution in [0.1, 0.15) is 25.8 Å². The fourth-order valence-corrected chi connectivity index (χ4v) is 5.16. The number of amides is 1. The summed E-state index contributed by atoms with van der Waals surface area (Å²) in [4.78, 5) is 12.8. The zero-order chi connectivity index (χ0) is 25.4. The molecular formula is C26H28Cl2N2O4S. The van der Waals surface area contributed by atoms with Gasteiger partial charge in [-0.1, -0.05) is 41.4 Å². The topological polar surface area (TPSA) is 75.7 Å². The van der Waals surface area contributed by atoms with E-state index in [4.69, 9.17) is 27.9 Å². The van der Waals surface area contributed by atoms with Crippen molar-refractivity contribution in [2.45, 2.75) is 37.7 Å². The largest absolute Gasteiger partial charge is 0.491 e. The van der Waals surface area contributed by atoms with Crippen molar-refractivity contribution in [3.63, 3.8) is 0 Å². The van der Waals surface area contributed by atoms with Gasteiger partial charge in [-0.2, -0.15) is 0 Å². The average molecular weight is 535 g/mol. The Morgan fingerprint density at radius 2 is 1.69 bits per heavy atom. The first kappa shape index (κ1) is 26.9. The minimum absolute atomic E-state index is 0.0261. The van der Waals surface area contributed by atoms with Crippen molar-refractivity contribution in [2.24, 2.45) is 0 Å². The summed E-state index contributed by atoms with van der Waals surface area (Å²) >= 11 is 12.0. The number of anilines is 1. The Morgan fingerprint density at radius 3 is 2.37 bits per heavy atom. The van der Waals surface area contributed by atoms with E-state index in [1.54, 1.807) is 18.2 Å². The van der Waals surface area contributed by atoms with Gasteiger partial charge in [0, 0.05) is 16.6 Å². The third-order valence-corrected chi connectivity index (χ3v) is 7.29.